The molecule has 2 heterocycles. The predicted octanol–water partition coefficient (Wildman–Crippen LogP) is 5.33. The summed E-state index contributed by atoms with van der Waals surface area (Å²) < 4.78 is 41.2. The monoisotopic (exact) mass is 443 g/mol. The Morgan fingerprint density at radius 2 is 1.97 bits per heavy atom. The number of piperidine rings is 1. The SMILES string of the molecule is CC(C)(C)OC(=O)N1CCCC(COc2nn(-c3ccccc3F)c3ccc(F)cc23)C1. The summed E-state index contributed by atoms with van der Waals surface area (Å²) in [4.78, 5) is 14.1. The quantitative estimate of drug-likeness (QED) is 0.547. The van der Waals surface area contributed by atoms with Crippen molar-refractivity contribution in [2.75, 3.05) is 19.7 Å². The van der Waals surface area contributed by atoms with Crippen LogP contribution >= 0.6 is 0 Å². The number of benzene rings is 2. The standard InChI is InChI=1S/C24H27F2N3O3/c1-24(2,3)32-23(30)28-12-6-7-16(14-28)15-31-22-18-13-17(25)10-11-20(18)29(27-22)21-9-5-4-8-19(21)26/h4-5,8-11,13,16H,6-7,12,14-15H2,1-3H3. The van der Waals surface area contributed by atoms with Gasteiger partial charge in [0, 0.05) is 19.0 Å². The molecule has 3 aromatic rings. The van der Waals surface area contributed by atoms with Crippen LogP contribution in [0.5, 0.6) is 5.88 Å². The Morgan fingerprint density at radius 1 is 1.19 bits per heavy atom. The van der Waals surface area contributed by atoms with E-state index in [4.69, 9.17) is 9.47 Å². The van der Waals surface area contributed by atoms with Crippen LogP contribution in [-0.2, 0) is 4.74 Å². The lowest BCUT2D eigenvalue weighted by Crippen LogP contribution is -2.44. The Kier molecular flexibility index (Phi) is 6.04. The molecule has 1 amide bonds. The maximum absolute atomic E-state index is 14.4. The van der Waals surface area contributed by atoms with Gasteiger partial charge in [-0.1, -0.05) is 12.1 Å². The molecule has 0 N–H and O–H groups in total. The van der Waals surface area contributed by atoms with Gasteiger partial charge in [0.25, 0.3) is 0 Å². The fourth-order valence-corrected chi connectivity index (χ4v) is 3.87. The molecule has 1 atom stereocenters. The van der Waals surface area contributed by atoms with Crippen LogP contribution in [0, 0.1) is 17.6 Å². The van der Waals surface area contributed by atoms with Crippen LogP contribution in [0.2, 0.25) is 0 Å². The zero-order valence-electron chi connectivity index (χ0n) is 18.5. The maximum atomic E-state index is 14.4. The van der Waals surface area contributed by atoms with Crippen LogP contribution in [0.3, 0.4) is 0 Å². The van der Waals surface area contributed by atoms with E-state index in [1.165, 1.54) is 22.9 Å². The second-order valence-corrected chi connectivity index (χ2v) is 9.08. The fraction of sp³-hybridized carbons (Fsp3) is 0.417. The number of hydrogen-bond donors (Lipinski definition) is 0. The van der Waals surface area contributed by atoms with Crippen LogP contribution in [-0.4, -0.2) is 46.1 Å². The number of nitrogens with zero attached hydrogens (tertiary/aromatic N) is 3. The molecule has 6 nitrogen and oxygen atoms in total. The number of rotatable bonds is 4. The third kappa shape index (κ3) is 4.84. The zero-order valence-corrected chi connectivity index (χ0v) is 18.5. The van der Waals surface area contributed by atoms with Crippen LogP contribution in [0.4, 0.5) is 13.6 Å². The van der Waals surface area contributed by atoms with Crippen LogP contribution in [0.1, 0.15) is 33.6 Å². The van der Waals surface area contributed by atoms with Crippen molar-refractivity contribution in [1.82, 2.24) is 14.7 Å². The highest BCUT2D eigenvalue weighted by atomic mass is 19.1. The number of hydrogen-bond acceptors (Lipinski definition) is 4. The molecular weight excluding hydrogens is 416 g/mol. The molecule has 0 aliphatic carbocycles. The van der Waals surface area contributed by atoms with E-state index in [1.807, 2.05) is 20.8 Å². The molecule has 1 aliphatic heterocycles. The first-order valence-corrected chi connectivity index (χ1v) is 10.8. The molecule has 1 aromatic heterocycles. The second kappa shape index (κ2) is 8.76. The van der Waals surface area contributed by atoms with Gasteiger partial charge in [0.15, 0.2) is 0 Å². The topological polar surface area (TPSA) is 56.6 Å². The van der Waals surface area contributed by atoms with Crippen LogP contribution in [0.25, 0.3) is 16.6 Å². The third-order valence-corrected chi connectivity index (χ3v) is 5.32. The van der Waals surface area contributed by atoms with Crippen LogP contribution < -0.4 is 4.74 Å². The summed E-state index contributed by atoms with van der Waals surface area (Å²) >= 11 is 0. The molecule has 0 saturated carbocycles. The van der Waals surface area contributed by atoms with E-state index in [0.29, 0.717) is 30.6 Å². The Hall–Kier alpha value is -3.16. The molecule has 0 spiro atoms. The van der Waals surface area contributed by atoms with E-state index in [2.05, 4.69) is 5.10 Å². The molecule has 170 valence electrons. The highest BCUT2D eigenvalue weighted by Gasteiger charge is 2.28. The van der Waals surface area contributed by atoms with Crippen molar-refractivity contribution in [2.45, 2.75) is 39.2 Å². The molecule has 2 aromatic carbocycles. The van der Waals surface area contributed by atoms with Gasteiger partial charge in [0.2, 0.25) is 5.88 Å². The van der Waals surface area contributed by atoms with Gasteiger partial charge in [-0.05, 0) is 63.9 Å². The number of carbonyl (C=O) groups is 1. The Bertz CT molecular complexity index is 1120. The summed E-state index contributed by atoms with van der Waals surface area (Å²) in [5, 5.41) is 4.90. The smallest absolute Gasteiger partial charge is 0.410 e. The molecule has 1 saturated heterocycles. The number of ether oxygens (including phenoxy) is 2. The van der Waals surface area contributed by atoms with Gasteiger partial charge in [0.05, 0.1) is 17.5 Å². The first-order chi connectivity index (χ1) is 15.2. The Balaban J connectivity index is 1.53. The summed E-state index contributed by atoms with van der Waals surface area (Å²) in [5.74, 6) is -0.548. The van der Waals surface area contributed by atoms with Gasteiger partial charge in [0.1, 0.15) is 22.9 Å². The average Bonchev–Trinajstić information content (AvgIpc) is 3.09. The number of para-hydroxylation sites is 1. The normalized spacial score (nSPS) is 16.9. The summed E-state index contributed by atoms with van der Waals surface area (Å²) in [6.07, 6.45) is 1.39. The van der Waals surface area contributed by atoms with Crippen molar-refractivity contribution < 1.29 is 23.0 Å². The second-order valence-electron chi connectivity index (χ2n) is 9.08. The van der Waals surface area contributed by atoms with E-state index in [9.17, 15) is 13.6 Å². The van der Waals surface area contributed by atoms with Crippen molar-refractivity contribution in [3.8, 4) is 11.6 Å². The van der Waals surface area contributed by atoms with Crippen molar-refractivity contribution >= 4 is 17.0 Å². The summed E-state index contributed by atoms with van der Waals surface area (Å²) in [6, 6.07) is 10.5. The highest BCUT2D eigenvalue weighted by Crippen LogP contribution is 2.30. The molecule has 0 radical (unpaired) electrons. The van der Waals surface area contributed by atoms with Crippen molar-refractivity contribution in [3.63, 3.8) is 0 Å². The Morgan fingerprint density at radius 3 is 2.72 bits per heavy atom. The first kappa shape index (κ1) is 22.0. The van der Waals surface area contributed by atoms with Crippen LogP contribution in [0.15, 0.2) is 42.5 Å². The summed E-state index contributed by atoms with van der Waals surface area (Å²) in [6.45, 7) is 6.97. The Labute approximate surface area is 185 Å². The summed E-state index contributed by atoms with van der Waals surface area (Å²) in [5.41, 5.74) is 0.251. The molecule has 32 heavy (non-hydrogen) atoms. The number of aromatic nitrogens is 2. The van der Waals surface area contributed by atoms with Gasteiger partial charge < -0.3 is 14.4 Å². The minimum absolute atomic E-state index is 0.0819. The minimum atomic E-state index is -0.553. The lowest BCUT2D eigenvalue weighted by atomic mass is 9.99. The molecule has 1 unspecified atom stereocenters. The largest absolute Gasteiger partial charge is 0.476 e. The summed E-state index contributed by atoms with van der Waals surface area (Å²) in [7, 11) is 0. The number of carbonyl (C=O) groups excluding carboxylic acids is 1. The van der Waals surface area contributed by atoms with Crippen molar-refractivity contribution in [2.24, 2.45) is 5.92 Å². The van der Waals surface area contributed by atoms with E-state index in [0.717, 1.165) is 12.8 Å². The van der Waals surface area contributed by atoms with Gasteiger partial charge in [-0.15, -0.1) is 5.10 Å². The predicted molar refractivity (Wildman–Crippen MR) is 117 cm³/mol. The van der Waals surface area contributed by atoms with E-state index in [1.54, 1.807) is 29.2 Å². The van der Waals surface area contributed by atoms with Gasteiger partial charge in [-0.2, -0.15) is 0 Å². The van der Waals surface area contributed by atoms with E-state index in [-0.39, 0.29) is 23.6 Å². The van der Waals surface area contributed by atoms with Gasteiger partial charge in [-0.3, -0.25) is 0 Å². The minimum Gasteiger partial charge on any atom is -0.476 e. The third-order valence-electron chi connectivity index (χ3n) is 5.32. The van der Waals surface area contributed by atoms with Gasteiger partial charge in [-0.25, -0.2) is 18.3 Å². The lowest BCUT2D eigenvalue weighted by Gasteiger charge is -2.33. The fourth-order valence-electron chi connectivity index (χ4n) is 3.87. The molecule has 4 rings (SSSR count). The molecule has 1 aliphatic rings. The average molecular weight is 443 g/mol. The molecule has 0 bridgehead atoms. The number of amides is 1. The van der Waals surface area contributed by atoms with Crippen molar-refractivity contribution in [1.29, 1.82) is 0 Å². The van der Waals surface area contributed by atoms with Gasteiger partial charge >= 0.3 is 6.09 Å². The number of fused-ring (bicyclic) bond motifs is 1. The molecule has 1 fully saturated rings. The number of likely N-dealkylation sites (tertiary alicyclic amines) is 1. The zero-order chi connectivity index (χ0) is 22.9. The molecule has 8 heteroatoms. The first-order valence-electron chi connectivity index (χ1n) is 10.8. The molecular formula is C24H27F2N3O3. The maximum Gasteiger partial charge on any atom is 0.410 e. The highest BCUT2D eigenvalue weighted by molar-refractivity contribution is 5.86. The number of halogens is 2. The van der Waals surface area contributed by atoms with Crippen molar-refractivity contribution in [3.05, 3.63) is 54.1 Å². The van der Waals surface area contributed by atoms with E-state index >= 15 is 0 Å². The van der Waals surface area contributed by atoms with E-state index < -0.39 is 17.2 Å². The lowest BCUT2D eigenvalue weighted by molar-refractivity contribution is 0.0138.